The van der Waals surface area contributed by atoms with E-state index >= 15 is 0 Å². The topological polar surface area (TPSA) is 181 Å². The molecule has 45 heavy (non-hydrogen) atoms. The number of carbonyl (C=O) groups excluding carboxylic acids is 2. The Hall–Kier alpha value is -3.07. The number of hydrogen-bond donors (Lipinski definition) is 1. The van der Waals surface area contributed by atoms with Crippen molar-refractivity contribution in [3.8, 4) is 0 Å². The van der Waals surface area contributed by atoms with Gasteiger partial charge >= 0.3 is 12.1 Å². The van der Waals surface area contributed by atoms with Gasteiger partial charge < -0.3 is 23.6 Å². The van der Waals surface area contributed by atoms with Gasteiger partial charge in [-0.2, -0.15) is 0 Å². The van der Waals surface area contributed by atoms with Crippen LogP contribution in [0, 0.1) is 17.8 Å². The minimum atomic E-state index is -2.64. The van der Waals surface area contributed by atoms with Crippen molar-refractivity contribution in [2.45, 2.75) is 96.1 Å². The van der Waals surface area contributed by atoms with Gasteiger partial charge in [0.15, 0.2) is 16.6 Å². The van der Waals surface area contributed by atoms with Crippen molar-refractivity contribution in [3.63, 3.8) is 0 Å². The van der Waals surface area contributed by atoms with E-state index in [1.807, 2.05) is 30.3 Å². The fourth-order valence-electron chi connectivity index (χ4n) is 5.17. The van der Waals surface area contributed by atoms with Crippen LogP contribution in [-0.2, 0) is 29.7 Å². The fraction of sp³-hybridized carbons (Fsp3) is 0.733. The summed E-state index contributed by atoms with van der Waals surface area (Å²) in [4.78, 5) is 33.6. The number of amides is 1. The maximum atomic E-state index is 13.9. The smallest absolute Gasteiger partial charge is 0.408 e. The van der Waals surface area contributed by atoms with Crippen LogP contribution in [-0.4, -0.2) is 67.1 Å². The molecule has 1 saturated carbocycles. The largest absolute Gasteiger partial charge is 0.469 e. The van der Waals surface area contributed by atoms with Crippen molar-refractivity contribution in [3.05, 3.63) is 56.8 Å². The van der Waals surface area contributed by atoms with Gasteiger partial charge in [0.1, 0.15) is 12.1 Å². The summed E-state index contributed by atoms with van der Waals surface area (Å²) in [6.45, 7) is 20.5. The molecule has 250 valence electrons. The van der Waals surface area contributed by atoms with Gasteiger partial charge in [-0.3, -0.25) is 4.79 Å². The predicted molar refractivity (Wildman–Crippen MR) is 178 cm³/mol. The van der Waals surface area contributed by atoms with Crippen LogP contribution in [0.2, 0.25) is 36.3 Å². The maximum absolute atomic E-state index is 13.9. The number of nitrogens with one attached hydrogen (secondary N) is 1. The number of hydrogen-bond acceptors (Lipinski definition) is 8. The second-order valence-corrected chi connectivity index (χ2v) is 24.3. The van der Waals surface area contributed by atoms with E-state index in [0.717, 1.165) is 5.56 Å². The summed E-state index contributed by atoms with van der Waals surface area (Å²) >= 11 is 0. The van der Waals surface area contributed by atoms with E-state index in [0.29, 0.717) is 0 Å². The molecule has 1 aromatic carbocycles. The summed E-state index contributed by atoms with van der Waals surface area (Å²) in [7, 11) is -3.86. The monoisotopic (exact) mass is 661 g/mol. The first-order valence-corrected chi connectivity index (χ1v) is 21.0. The van der Waals surface area contributed by atoms with E-state index in [1.54, 1.807) is 0 Å². The van der Waals surface area contributed by atoms with Gasteiger partial charge in [0.2, 0.25) is 0 Å². The lowest BCUT2D eigenvalue weighted by molar-refractivity contribution is -0.151. The third-order valence-electron chi connectivity index (χ3n) is 9.85. The highest BCUT2D eigenvalue weighted by Crippen LogP contribution is 2.51. The Morgan fingerprint density at radius 2 is 1.44 bits per heavy atom. The van der Waals surface area contributed by atoms with Crippen LogP contribution in [0.15, 0.2) is 40.6 Å². The lowest BCUT2D eigenvalue weighted by Gasteiger charge is -2.48. The lowest BCUT2D eigenvalue weighted by Crippen LogP contribution is -2.67. The molecule has 1 aliphatic rings. The van der Waals surface area contributed by atoms with Crippen molar-refractivity contribution in [1.29, 1.82) is 0 Å². The molecular weight excluding hydrogens is 611 g/mol. The molecule has 1 amide bonds. The van der Waals surface area contributed by atoms with Gasteiger partial charge in [0, 0.05) is 22.9 Å². The molecule has 1 aromatic rings. The van der Waals surface area contributed by atoms with E-state index in [1.165, 1.54) is 7.11 Å². The summed E-state index contributed by atoms with van der Waals surface area (Å²) in [6.07, 6.45) is -1.66. The highest BCUT2D eigenvalue weighted by atomic mass is 28.4. The highest BCUT2D eigenvalue weighted by molar-refractivity contribution is 6.74. The summed E-state index contributed by atoms with van der Waals surface area (Å²) in [5, 5.41) is 10.3. The third-order valence-corrected chi connectivity index (χ3v) is 18.8. The normalized spacial score (nSPS) is 23.8. The Kier molecular flexibility index (Phi) is 12.7. The van der Waals surface area contributed by atoms with E-state index in [4.69, 9.17) is 18.3 Å². The van der Waals surface area contributed by atoms with Crippen LogP contribution in [0.5, 0.6) is 0 Å². The van der Waals surface area contributed by atoms with Crippen LogP contribution < -0.4 is 5.32 Å². The van der Waals surface area contributed by atoms with E-state index in [-0.39, 0.29) is 36.4 Å². The maximum Gasteiger partial charge on any atom is 0.408 e. The van der Waals surface area contributed by atoms with Gasteiger partial charge in [-0.25, -0.2) is 4.79 Å². The van der Waals surface area contributed by atoms with E-state index in [2.05, 4.69) is 93.1 Å². The molecule has 0 aliphatic heterocycles. The van der Waals surface area contributed by atoms with Crippen LogP contribution in [0.4, 0.5) is 4.79 Å². The Balaban J connectivity index is 2.87. The number of nitrogens with zero attached hydrogens (tertiary/aromatic N) is 6. The second kappa shape index (κ2) is 15.0. The molecular formula is C30H51N7O6Si2. The van der Waals surface area contributed by atoms with Gasteiger partial charge in [0.25, 0.3) is 0 Å². The molecule has 1 fully saturated rings. The van der Waals surface area contributed by atoms with Gasteiger partial charge in [-0.05, 0) is 64.7 Å². The predicted octanol–water partition coefficient (Wildman–Crippen LogP) is 7.72. The Bertz CT molecular complexity index is 1270. The number of benzene rings is 1. The zero-order valence-electron chi connectivity index (χ0n) is 28.7. The molecule has 0 radical (unpaired) electrons. The summed E-state index contributed by atoms with van der Waals surface area (Å²) in [5.74, 6) is -3.08. The first kappa shape index (κ1) is 38.1. The highest BCUT2D eigenvalue weighted by Gasteiger charge is 2.66. The number of azide groups is 2. The third kappa shape index (κ3) is 9.02. The standard InChI is InChI=1S/C30H51N7O6Si2/c1-28(2,3)44(8,9)42-20-30(35-27(39)41-19-21-15-13-12-14-16-21)24(26(38)40-7)22(17-33-36-31)23(18-34-37-32)25(30)43-45(10,11)29(4,5)6/h12-16,22-25H,17-20H2,1-11H3,(H,35,39)/t22-,23-,24-,25+,30+/m1/s1. The molecule has 5 atom stereocenters. The molecule has 1 aliphatic carbocycles. The van der Waals surface area contributed by atoms with Gasteiger partial charge in [0.05, 0.1) is 25.7 Å². The number of esters is 1. The van der Waals surface area contributed by atoms with Crippen LogP contribution >= 0.6 is 0 Å². The van der Waals surface area contributed by atoms with Crippen LogP contribution in [0.3, 0.4) is 0 Å². The zero-order valence-corrected chi connectivity index (χ0v) is 30.7. The fourth-order valence-corrected chi connectivity index (χ4v) is 7.57. The molecule has 0 heterocycles. The SMILES string of the molecule is COC(=O)[C@H]1[C@H](CN=[N+]=[N-])[C@@H](CN=[N+]=[N-])[C@H](O[Si](C)(C)C(C)(C)C)[C@@]1(CO[Si](C)(C)C(C)(C)C)NC(=O)OCc1ccccc1. The summed E-state index contributed by atoms with van der Waals surface area (Å²) in [6, 6.07) is 9.24. The molecule has 0 bridgehead atoms. The molecule has 0 aromatic heterocycles. The minimum Gasteiger partial charge on any atom is -0.469 e. The number of methoxy groups -OCH3 is 1. The molecule has 2 rings (SSSR count). The van der Waals surface area contributed by atoms with Gasteiger partial charge in [-0.15, -0.1) is 0 Å². The zero-order chi connectivity index (χ0) is 34.3. The molecule has 0 spiro atoms. The molecule has 13 nitrogen and oxygen atoms in total. The second-order valence-electron chi connectivity index (χ2n) is 14.7. The average molecular weight is 662 g/mol. The molecule has 15 heteroatoms. The minimum absolute atomic E-state index is 0.00714. The molecule has 1 N–H and O–H groups in total. The van der Waals surface area contributed by atoms with Crippen molar-refractivity contribution in [2.24, 2.45) is 28.0 Å². The van der Waals surface area contributed by atoms with Crippen LogP contribution in [0.1, 0.15) is 47.1 Å². The van der Waals surface area contributed by atoms with E-state index in [9.17, 15) is 20.7 Å². The summed E-state index contributed by atoms with van der Waals surface area (Å²) < 4.78 is 25.0. The Morgan fingerprint density at radius 3 is 1.93 bits per heavy atom. The average Bonchev–Trinajstić information content (AvgIpc) is 3.19. The number of carbonyl (C=O) groups is 2. The molecule has 0 saturated heterocycles. The number of alkyl carbamates (subject to hydrolysis) is 1. The van der Waals surface area contributed by atoms with E-state index < -0.39 is 58.1 Å². The van der Waals surface area contributed by atoms with Crippen LogP contribution in [0.25, 0.3) is 20.9 Å². The Labute approximate surface area is 269 Å². The number of ether oxygens (including phenoxy) is 2. The Morgan fingerprint density at radius 1 is 0.911 bits per heavy atom. The van der Waals surface area contributed by atoms with Crippen molar-refractivity contribution >= 4 is 28.7 Å². The molecule has 0 unspecified atom stereocenters. The van der Waals surface area contributed by atoms with Gasteiger partial charge in [-0.1, -0.05) is 82.1 Å². The first-order valence-electron chi connectivity index (χ1n) is 15.2. The lowest BCUT2D eigenvalue weighted by atomic mass is 9.82. The quantitative estimate of drug-likeness (QED) is 0.0742. The van der Waals surface area contributed by atoms with Crippen molar-refractivity contribution < 1.29 is 27.9 Å². The number of rotatable bonds is 13. The van der Waals surface area contributed by atoms with Crippen molar-refractivity contribution in [2.75, 3.05) is 26.8 Å². The summed E-state index contributed by atoms with van der Waals surface area (Å²) in [5.41, 5.74) is 17.9. The van der Waals surface area contributed by atoms with Crippen molar-refractivity contribution in [1.82, 2.24) is 5.32 Å². The first-order chi connectivity index (χ1) is 20.8.